The number of para-hydroxylation sites is 1. The zero-order chi connectivity index (χ0) is 25.9. The molecule has 3 aromatic carbocycles. The van der Waals surface area contributed by atoms with Gasteiger partial charge in [0, 0.05) is 10.3 Å². The topological polar surface area (TPSA) is 193 Å². The maximum Gasteiger partial charge on any atom is 1.00 e. The van der Waals surface area contributed by atoms with Gasteiger partial charge < -0.3 is 24.4 Å². The third-order valence-corrected chi connectivity index (χ3v) is 5.98. The number of fused-ring (bicyclic) bond motifs is 1. The third kappa shape index (κ3) is 8.22. The van der Waals surface area contributed by atoms with Gasteiger partial charge in [-0.05, 0) is 53.4 Å². The summed E-state index contributed by atoms with van der Waals surface area (Å²) in [6.07, 6.45) is 0. The van der Waals surface area contributed by atoms with Crippen molar-refractivity contribution in [2.45, 2.75) is 9.79 Å². The van der Waals surface area contributed by atoms with Crippen LogP contribution in [0, 0.1) is 0 Å². The predicted molar refractivity (Wildman–Crippen MR) is 118 cm³/mol. The summed E-state index contributed by atoms with van der Waals surface area (Å²) in [6, 6.07) is 11.6. The van der Waals surface area contributed by atoms with Gasteiger partial charge in [-0.1, -0.05) is 18.2 Å². The van der Waals surface area contributed by atoms with Crippen molar-refractivity contribution in [1.82, 2.24) is 15.0 Å². The molecule has 0 aliphatic carbocycles. The Hall–Kier alpha value is -1.57. The quantitative estimate of drug-likeness (QED) is 0.0679. The first kappa shape index (κ1) is 32.6. The number of nitrogens with zero attached hydrogens (tertiary/aromatic N) is 3. The molecular formula is C20H10ClN3Na2O10S2. The Morgan fingerprint density at radius 1 is 0.974 bits per heavy atom. The molecule has 0 bridgehead atoms. The number of benzene rings is 3. The second-order valence-corrected chi connectivity index (χ2v) is 9.11. The molecule has 0 saturated heterocycles. The van der Waals surface area contributed by atoms with Crippen molar-refractivity contribution < 1.29 is 106 Å². The second-order valence-electron chi connectivity index (χ2n) is 6.65. The van der Waals surface area contributed by atoms with Crippen LogP contribution in [0.15, 0.2) is 64.4 Å². The summed E-state index contributed by atoms with van der Waals surface area (Å²) in [5.41, 5.74) is -0.151. The number of carboxylic acid groups (broad SMARTS) is 1. The number of ether oxygens (including phenoxy) is 2. The minimum atomic E-state index is -4.95. The van der Waals surface area contributed by atoms with Crippen LogP contribution >= 0.6 is 23.6 Å². The Morgan fingerprint density at radius 2 is 1.66 bits per heavy atom. The number of carbonyl (C=O) groups is 1. The molecule has 0 amide bonds. The van der Waals surface area contributed by atoms with E-state index >= 15 is 0 Å². The van der Waals surface area contributed by atoms with Gasteiger partial charge in [0.2, 0.25) is 5.28 Å². The van der Waals surface area contributed by atoms with E-state index in [2.05, 4.69) is 24.3 Å². The van der Waals surface area contributed by atoms with E-state index in [0.717, 1.165) is 6.07 Å². The van der Waals surface area contributed by atoms with Crippen LogP contribution in [0.3, 0.4) is 0 Å². The van der Waals surface area contributed by atoms with Crippen LogP contribution in [0.5, 0.6) is 23.5 Å². The van der Waals surface area contributed by atoms with E-state index in [9.17, 15) is 28.1 Å². The van der Waals surface area contributed by atoms with Crippen molar-refractivity contribution in [2.24, 2.45) is 0 Å². The van der Waals surface area contributed by atoms with Gasteiger partial charge in [-0.2, -0.15) is 14.3 Å². The molecule has 0 saturated carbocycles. The summed E-state index contributed by atoms with van der Waals surface area (Å²) < 4.78 is 50.7. The van der Waals surface area contributed by atoms with E-state index in [1.54, 1.807) is 6.07 Å². The van der Waals surface area contributed by atoms with Crippen molar-refractivity contribution in [2.75, 3.05) is 0 Å². The van der Waals surface area contributed by atoms with Gasteiger partial charge in [0.15, 0.2) is 0 Å². The minimum Gasteiger partial charge on any atom is -0.744 e. The van der Waals surface area contributed by atoms with Gasteiger partial charge in [0.25, 0.3) is 0 Å². The minimum absolute atomic E-state index is 0. The molecule has 186 valence electrons. The van der Waals surface area contributed by atoms with Crippen molar-refractivity contribution in [3.63, 3.8) is 0 Å². The smallest absolute Gasteiger partial charge is 0.744 e. The fourth-order valence-electron chi connectivity index (χ4n) is 2.99. The van der Waals surface area contributed by atoms with E-state index < -0.39 is 21.0 Å². The fourth-order valence-corrected chi connectivity index (χ4v) is 4.37. The third-order valence-electron chi connectivity index (χ3n) is 4.38. The van der Waals surface area contributed by atoms with Crippen LogP contribution < -0.4 is 73.8 Å². The summed E-state index contributed by atoms with van der Waals surface area (Å²) in [5.74, 6) is -1.28. The zero-order valence-corrected chi connectivity index (χ0v) is 25.7. The molecular weight excluding hydrogens is 588 g/mol. The molecule has 18 heteroatoms. The Morgan fingerprint density at radius 3 is 2.32 bits per heavy atom. The molecule has 38 heavy (non-hydrogen) atoms. The SMILES string of the molecule is O=C(O)c1ccccc1Oc1nc(Cl)nc(Oc2ccc3cc(SOO[O-])cc(S(=O)(=O)[O-])c3c2)n1.[Na+].[Na+]. The second kappa shape index (κ2) is 14.2. The first-order valence-electron chi connectivity index (χ1n) is 9.40. The number of halogens is 1. The van der Waals surface area contributed by atoms with Gasteiger partial charge in [0.1, 0.15) is 27.2 Å². The van der Waals surface area contributed by atoms with Crippen molar-refractivity contribution in [1.29, 1.82) is 0 Å². The number of hydrogen-bond acceptors (Lipinski definition) is 13. The summed E-state index contributed by atoms with van der Waals surface area (Å²) >= 11 is 6.34. The van der Waals surface area contributed by atoms with Crippen LogP contribution in [0.25, 0.3) is 10.8 Å². The zero-order valence-electron chi connectivity index (χ0n) is 19.4. The summed E-state index contributed by atoms with van der Waals surface area (Å²) in [4.78, 5) is 22.4. The fraction of sp³-hybridized carbons (Fsp3) is 0. The normalized spacial score (nSPS) is 10.8. The van der Waals surface area contributed by atoms with E-state index in [0.29, 0.717) is 17.4 Å². The molecule has 0 fully saturated rings. The molecule has 13 nitrogen and oxygen atoms in total. The van der Waals surface area contributed by atoms with Crippen molar-refractivity contribution in [3.05, 3.63) is 65.4 Å². The van der Waals surface area contributed by atoms with Crippen LogP contribution in [0.1, 0.15) is 10.4 Å². The van der Waals surface area contributed by atoms with Gasteiger partial charge >= 0.3 is 77.1 Å². The van der Waals surface area contributed by atoms with E-state index in [4.69, 9.17) is 21.1 Å². The maximum atomic E-state index is 11.8. The maximum absolute atomic E-state index is 11.8. The van der Waals surface area contributed by atoms with Gasteiger partial charge in [0.05, 0.1) is 16.9 Å². The van der Waals surface area contributed by atoms with Gasteiger partial charge in [-0.3, -0.25) is 5.04 Å². The largest absolute Gasteiger partial charge is 1.00 e. The summed E-state index contributed by atoms with van der Waals surface area (Å²) in [7, 11) is -4.95. The van der Waals surface area contributed by atoms with Crippen molar-refractivity contribution >= 4 is 50.5 Å². The Kier molecular flexibility index (Phi) is 12.2. The Bertz CT molecular complexity index is 1580. The first-order valence-corrected chi connectivity index (χ1v) is 11.9. The standard InChI is InChI=1S/C20H12ClN3O10S2.2Na/c21-18-22-19(24-20(23-18)32-15-4-2-1-3-13(15)17(25)26)31-11-6-5-10-7-12(35-34-33-27)9-16(14(10)8-11)36(28,29)30;;/h1-9,27H,(H,25,26)(H,28,29,30);;/q;2*+1/p-2. The number of carboxylic acids is 1. The molecule has 0 unspecified atom stereocenters. The van der Waals surface area contributed by atoms with Gasteiger partial charge in [-0.25, -0.2) is 13.2 Å². The number of aromatic nitrogens is 3. The van der Waals surface area contributed by atoms with E-state index in [-0.39, 0.29) is 104 Å². The predicted octanol–water partition coefficient (Wildman–Crippen LogP) is -2.90. The Balaban J connectivity index is 0.00000253. The average molecular weight is 598 g/mol. The molecule has 0 spiro atoms. The molecule has 1 aromatic heterocycles. The summed E-state index contributed by atoms with van der Waals surface area (Å²) in [6.45, 7) is 0. The molecule has 0 aliphatic rings. The molecule has 0 atom stereocenters. The number of hydrogen-bond donors (Lipinski definition) is 1. The van der Waals surface area contributed by atoms with Crippen LogP contribution in [0.2, 0.25) is 5.28 Å². The first-order chi connectivity index (χ1) is 17.1. The molecule has 0 aliphatic heterocycles. The molecule has 4 aromatic rings. The number of rotatable bonds is 9. The molecule has 0 radical (unpaired) electrons. The van der Waals surface area contributed by atoms with E-state index in [1.807, 2.05) is 0 Å². The van der Waals surface area contributed by atoms with E-state index in [1.165, 1.54) is 42.5 Å². The van der Waals surface area contributed by atoms with Gasteiger partial charge in [-0.15, -0.1) is 4.98 Å². The van der Waals surface area contributed by atoms with Crippen LogP contribution in [-0.4, -0.2) is 39.0 Å². The molecule has 1 heterocycles. The number of aromatic carboxylic acids is 1. The van der Waals surface area contributed by atoms with Crippen LogP contribution in [-0.2, 0) is 19.5 Å². The van der Waals surface area contributed by atoms with Crippen molar-refractivity contribution in [3.8, 4) is 23.5 Å². The Labute approximate surface area is 267 Å². The summed E-state index contributed by atoms with van der Waals surface area (Å²) in [5, 5.41) is 22.6. The molecule has 1 N–H and O–H groups in total. The molecule has 4 rings (SSSR count). The average Bonchev–Trinajstić information content (AvgIpc) is 2.81. The van der Waals surface area contributed by atoms with Crippen LogP contribution in [0.4, 0.5) is 0 Å². The monoisotopic (exact) mass is 597 g/mol.